The Bertz CT molecular complexity index is 567. The largest absolute Gasteiger partial charge is 0.355 e. The van der Waals surface area contributed by atoms with E-state index in [-0.39, 0.29) is 23.7 Å². The second-order valence-corrected chi connectivity index (χ2v) is 6.37. The van der Waals surface area contributed by atoms with Crippen LogP contribution < -0.4 is 10.6 Å². The molecule has 2 rings (SSSR count). The second-order valence-electron chi connectivity index (χ2n) is 5.94. The van der Waals surface area contributed by atoms with E-state index < -0.39 is 11.9 Å². The second kappa shape index (κ2) is 7.09. The number of halogens is 2. The van der Waals surface area contributed by atoms with Gasteiger partial charge in [-0.1, -0.05) is 31.5 Å². The third-order valence-corrected chi connectivity index (χ3v) is 4.13. The molecule has 1 fully saturated rings. The summed E-state index contributed by atoms with van der Waals surface area (Å²) in [7, 11) is 0. The molecule has 1 aliphatic heterocycles. The van der Waals surface area contributed by atoms with Crippen molar-refractivity contribution in [2.75, 3.05) is 6.54 Å². The molecule has 1 saturated heterocycles. The summed E-state index contributed by atoms with van der Waals surface area (Å²) in [5, 5.41) is 5.91. The lowest BCUT2D eigenvalue weighted by Gasteiger charge is -2.28. The number of nitrogens with one attached hydrogen (secondary N) is 2. The highest BCUT2D eigenvalue weighted by Crippen LogP contribution is 2.27. The number of hydrogen-bond acceptors (Lipinski definition) is 2. The first kappa shape index (κ1) is 16.7. The lowest BCUT2D eigenvalue weighted by atomic mass is 9.93. The minimum atomic E-state index is -0.428. The number of benzene rings is 1. The van der Waals surface area contributed by atoms with Gasteiger partial charge in [-0.05, 0) is 24.5 Å². The summed E-state index contributed by atoms with van der Waals surface area (Å²) >= 11 is 5.77. The molecular weight excluding hydrogens is 307 g/mol. The minimum Gasteiger partial charge on any atom is -0.355 e. The molecule has 2 N–H and O–H groups in total. The third kappa shape index (κ3) is 3.97. The third-order valence-electron chi connectivity index (χ3n) is 3.90. The first-order chi connectivity index (χ1) is 10.4. The van der Waals surface area contributed by atoms with E-state index in [4.69, 9.17) is 11.6 Å². The van der Waals surface area contributed by atoms with E-state index in [2.05, 4.69) is 10.6 Å². The van der Waals surface area contributed by atoms with Crippen LogP contribution in [0, 0.1) is 17.7 Å². The van der Waals surface area contributed by atoms with E-state index >= 15 is 0 Å². The van der Waals surface area contributed by atoms with Crippen LogP contribution in [-0.4, -0.2) is 18.4 Å². The van der Waals surface area contributed by atoms with E-state index in [9.17, 15) is 14.0 Å². The van der Waals surface area contributed by atoms with Gasteiger partial charge in [0.2, 0.25) is 11.8 Å². The summed E-state index contributed by atoms with van der Waals surface area (Å²) in [6.07, 6.45) is 0.866. The van der Waals surface area contributed by atoms with Crippen LogP contribution in [0.5, 0.6) is 0 Å². The topological polar surface area (TPSA) is 58.2 Å². The van der Waals surface area contributed by atoms with Gasteiger partial charge in [-0.3, -0.25) is 9.59 Å². The van der Waals surface area contributed by atoms with Gasteiger partial charge >= 0.3 is 0 Å². The molecule has 0 aliphatic carbocycles. The van der Waals surface area contributed by atoms with Gasteiger partial charge in [0.15, 0.2) is 0 Å². The zero-order valence-corrected chi connectivity index (χ0v) is 13.4. The molecule has 22 heavy (non-hydrogen) atoms. The summed E-state index contributed by atoms with van der Waals surface area (Å²) in [5.41, 5.74) is 0.424. The molecule has 0 aromatic heterocycles. The summed E-state index contributed by atoms with van der Waals surface area (Å²) < 4.78 is 14.1. The summed E-state index contributed by atoms with van der Waals surface area (Å²) in [6.45, 7) is 4.17. The van der Waals surface area contributed by atoms with Crippen molar-refractivity contribution in [1.29, 1.82) is 0 Å². The highest BCUT2D eigenvalue weighted by Gasteiger charge is 2.28. The molecule has 120 valence electrons. The van der Waals surface area contributed by atoms with Gasteiger partial charge in [-0.2, -0.15) is 0 Å². The Balaban J connectivity index is 2.12. The predicted molar refractivity (Wildman–Crippen MR) is 82.9 cm³/mol. The minimum absolute atomic E-state index is 0.0257. The van der Waals surface area contributed by atoms with Crippen molar-refractivity contribution in [3.8, 4) is 0 Å². The monoisotopic (exact) mass is 326 g/mol. The van der Waals surface area contributed by atoms with E-state index in [1.54, 1.807) is 12.1 Å². The van der Waals surface area contributed by atoms with Crippen LogP contribution in [0.4, 0.5) is 4.39 Å². The molecule has 6 heteroatoms. The maximum atomic E-state index is 14.1. The van der Waals surface area contributed by atoms with Gasteiger partial charge in [0.1, 0.15) is 5.82 Å². The summed E-state index contributed by atoms with van der Waals surface area (Å²) in [4.78, 5) is 23.5. The molecule has 0 spiro atoms. The number of carbonyl (C=O) groups is 2. The van der Waals surface area contributed by atoms with Gasteiger partial charge < -0.3 is 10.6 Å². The lowest BCUT2D eigenvalue weighted by molar-refractivity contribution is -0.129. The molecular formula is C16H20ClFN2O2. The van der Waals surface area contributed by atoms with E-state index in [1.807, 2.05) is 13.8 Å². The average molecular weight is 327 g/mol. The fraction of sp³-hybridized carbons (Fsp3) is 0.500. The SMILES string of the molecule is CC(C)[C@@H](NC(=O)[C@H]1CCC(=O)NC1)c1ccc(Cl)cc1F. The number of rotatable bonds is 4. The molecule has 2 atom stereocenters. The summed E-state index contributed by atoms with van der Waals surface area (Å²) in [5.74, 6) is -0.864. The van der Waals surface area contributed by atoms with Crippen LogP contribution in [0.1, 0.15) is 38.3 Å². The quantitative estimate of drug-likeness (QED) is 0.894. The maximum Gasteiger partial charge on any atom is 0.225 e. The van der Waals surface area contributed by atoms with Crippen LogP contribution in [-0.2, 0) is 9.59 Å². The average Bonchev–Trinajstić information content (AvgIpc) is 2.45. The van der Waals surface area contributed by atoms with Crippen LogP contribution in [0.15, 0.2) is 18.2 Å². The van der Waals surface area contributed by atoms with Crippen molar-refractivity contribution < 1.29 is 14.0 Å². The molecule has 1 heterocycles. The molecule has 1 aromatic rings. The Morgan fingerprint density at radius 1 is 1.45 bits per heavy atom. The number of amides is 2. The Morgan fingerprint density at radius 2 is 2.18 bits per heavy atom. The van der Waals surface area contributed by atoms with E-state index in [0.29, 0.717) is 30.0 Å². The fourth-order valence-corrected chi connectivity index (χ4v) is 2.74. The smallest absolute Gasteiger partial charge is 0.225 e. The highest BCUT2D eigenvalue weighted by atomic mass is 35.5. The number of carbonyl (C=O) groups excluding carboxylic acids is 2. The molecule has 0 saturated carbocycles. The molecule has 0 radical (unpaired) electrons. The fourth-order valence-electron chi connectivity index (χ4n) is 2.58. The molecule has 1 aliphatic rings. The van der Waals surface area contributed by atoms with Crippen molar-refractivity contribution in [1.82, 2.24) is 10.6 Å². The van der Waals surface area contributed by atoms with Crippen LogP contribution in [0.2, 0.25) is 5.02 Å². The zero-order valence-electron chi connectivity index (χ0n) is 12.7. The van der Waals surface area contributed by atoms with Gasteiger partial charge in [0, 0.05) is 23.6 Å². The zero-order chi connectivity index (χ0) is 16.3. The lowest BCUT2D eigenvalue weighted by Crippen LogP contribution is -2.44. The van der Waals surface area contributed by atoms with Crippen LogP contribution in [0.25, 0.3) is 0 Å². The van der Waals surface area contributed by atoms with Crippen LogP contribution in [0.3, 0.4) is 0 Å². The predicted octanol–water partition coefficient (Wildman–Crippen LogP) is 2.82. The molecule has 2 amide bonds. The first-order valence-electron chi connectivity index (χ1n) is 7.40. The van der Waals surface area contributed by atoms with Crippen LogP contribution >= 0.6 is 11.6 Å². The standard InChI is InChI=1S/C16H20ClFN2O2/c1-9(2)15(12-5-4-11(17)7-13(12)18)20-16(22)10-3-6-14(21)19-8-10/h4-5,7,9-10,15H,3,6,8H2,1-2H3,(H,19,21)(H,20,22)/t10-,15+/m0/s1. The van der Waals surface area contributed by atoms with Gasteiger partial charge in [0.05, 0.1) is 12.0 Å². The number of piperidine rings is 1. The van der Waals surface area contributed by atoms with Gasteiger partial charge in [-0.15, -0.1) is 0 Å². The molecule has 0 unspecified atom stereocenters. The normalized spacial score (nSPS) is 19.7. The Labute approximate surface area is 134 Å². The first-order valence-corrected chi connectivity index (χ1v) is 7.78. The van der Waals surface area contributed by atoms with Gasteiger partial charge in [0.25, 0.3) is 0 Å². The maximum absolute atomic E-state index is 14.1. The van der Waals surface area contributed by atoms with Gasteiger partial charge in [-0.25, -0.2) is 4.39 Å². The van der Waals surface area contributed by atoms with Crippen molar-refractivity contribution in [2.45, 2.75) is 32.7 Å². The Kier molecular flexibility index (Phi) is 5.40. The highest BCUT2D eigenvalue weighted by molar-refractivity contribution is 6.30. The molecule has 0 bridgehead atoms. The van der Waals surface area contributed by atoms with Crippen molar-refractivity contribution in [3.05, 3.63) is 34.6 Å². The summed E-state index contributed by atoms with van der Waals surface area (Å²) in [6, 6.07) is 4.04. The Hall–Kier alpha value is -1.62. The number of hydrogen-bond donors (Lipinski definition) is 2. The van der Waals surface area contributed by atoms with E-state index in [0.717, 1.165) is 0 Å². The van der Waals surface area contributed by atoms with Crippen molar-refractivity contribution >= 4 is 23.4 Å². The van der Waals surface area contributed by atoms with Crippen molar-refractivity contribution in [2.24, 2.45) is 11.8 Å². The van der Waals surface area contributed by atoms with E-state index in [1.165, 1.54) is 6.07 Å². The molecule has 1 aromatic carbocycles. The van der Waals surface area contributed by atoms with Crippen molar-refractivity contribution in [3.63, 3.8) is 0 Å². The Morgan fingerprint density at radius 3 is 2.73 bits per heavy atom. The molecule has 4 nitrogen and oxygen atoms in total.